The van der Waals surface area contributed by atoms with Crippen LogP contribution in [-0.2, 0) is 0 Å². The molecule has 0 heterocycles. The zero-order valence-corrected chi connectivity index (χ0v) is 7.52. The van der Waals surface area contributed by atoms with Crippen LogP contribution in [0.2, 0.25) is 0 Å². The van der Waals surface area contributed by atoms with E-state index in [1.807, 2.05) is 0 Å². The molecule has 0 amide bonds. The summed E-state index contributed by atoms with van der Waals surface area (Å²) < 4.78 is 25.4. The molecule has 3 N–H and O–H groups in total. The van der Waals surface area contributed by atoms with Crippen molar-refractivity contribution in [2.75, 3.05) is 6.61 Å². The van der Waals surface area contributed by atoms with Crippen LogP contribution in [0.4, 0.5) is 8.78 Å². The van der Waals surface area contributed by atoms with Crippen LogP contribution in [-0.4, -0.2) is 11.7 Å². The SMILES string of the molecule is Cl.N[C@@H](CO)c1cc(F)ccc1F. The van der Waals surface area contributed by atoms with Crippen molar-refractivity contribution in [3.63, 3.8) is 0 Å². The summed E-state index contributed by atoms with van der Waals surface area (Å²) >= 11 is 0. The van der Waals surface area contributed by atoms with E-state index in [9.17, 15) is 8.78 Å². The van der Waals surface area contributed by atoms with Gasteiger partial charge >= 0.3 is 0 Å². The number of halogens is 3. The summed E-state index contributed by atoms with van der Waals surface area (Å²) in [6, 6.07) is 2.11. The van der Waals surface area contributed by atoms with E-state index in [2.05, 4.69) is 0 Å². The van der Waals surface area contributed by atoms with E-state index in [0.29, 0.717) is 0 Å². The van der Waals surface area contributed by atoms with E-state index < -0.39 is 24.3 Å². The lowest BCUT2D eigenvalue weighted by Gasteiger charge is -2.08. The standard InChI is InChI=1S/C8H9F2NO.ClH/c9-5-1-2-7(10)6(3-5)8(11)4-12;/h1-3,8,12H,4,11H2;1H/t8-;/m0./s1. The molecule has 74 valence electrons. The van der Waals surface area contributed by atoms with Gasteiger partial charge in [0.1, 0.15) is 11.6 Å². The molecule has 1 aromatic carbocycles. The number of aliphatic hydroxyl groups excluding tert-OH is 1. The summed E-state index contributed by atoms with van der Waals surface area (Å²) in [4.78, 5) is 0. The third kappa shape index (κ3) is 2.91. The van der Waals surface area contributed by atoms with E-state index in [1.165, 1.54) is 0 Å². The molecular formula is C8H10ClF2NO. The number of hydrogen-bond acceptors (Lipinski definition) is 2. The maximum Gasteiger partial charge on any atom is 0.128 e. The van der Waals surface area contributed by atoms with Crippen molar-refractivity contribution < 1.29 is 13.9 Å². The lowest BCUT2D eigenvalue weighted by molar-refractivity contribution is 0.265. The normalized spacial score (nSPS) is 12.0. The highest BCUT2D eigenvalue weighted by Gasteiger charge is 2.10. The Labute approximate surface area is 80.8 Å². The molecule has 0 saturated carbocycles. The van der Waals surface area contributed by atoms with Crippen LogP contribution in [0.1, 0.15) is 11.6 Å². The Kier molecular flexibility index (Phi) is 4.83. The van der Waals surface area contributed by atoms with Crippen molar-refractivity contribution in [1.29, 1.82) is 0 Å². The fraction of sp³-hybridized carbons (Fsp3) is 0.250. The quantitative estimate of drug-likeness (QED) is 0.773. The van der Waals surface area contributed by atoms with Gasteiger partial charge in [-0.2, -0.15) is 0 Å². The second-order valence-electron chi connectivity index (χ2n) is 2.45. The molecule has 0 radical (unpaired) electrons. The molecule has 0 aliphatic carbocycles. The molecular weight excluding hydrogens is 200 g/mol. The highest BCUT2D eigenvalue weighted by atomic mass is 35.5. The predicted octanol–water partition coefficient (Wildman–Crippen LogP) is 1.38. The number of hydrogen-bond donors (Lipinski definition) is 2. The first-order valence-corrected chi connectivity index (χ1v) is 3.46. The Morgan fingerprint density at radius 1 is 1.38 bits per heavy atom. The molecule has 0 aromatic heterocycles. The van der Waals surface area contributed by atoms with E-state index in [1.54, 1.807) is 0 Å². The fourth-order valence-electron chi connectivity index (χ4n) is 0.897. The van der Waals surface area contributed by atoms with Gasteiger partial charge in [-0.05, 0) is 18.2 Å². The number of rotatable bonds is 2. The van der Waals surface area contributed by atoms with Gasteiger partial charge in [0, 0.05) is 5.56 Å². The van der Waals surface area contributed by atoms with Gasteiger partial charge in [0.25, 0.3) is 0 Å². The van der Waals surface area contributed by atoms with E-state index in [4.69, 9.17) is 10.8 Å². The molecule has 0 bridgehead atoms. The van der Waals surface area contributed by atoms with Crippen LogP contribution >= 0.6 is 12.4 Å². The summed E-state index contributed by atoms with van der Waals surface area (Å²) in [5.74, 6) is -1.16. The van der Waals surface area contributed by atoms with Gasteiger partial charge in [0.2, 0.25) is 0 Å². The van der Waals surface area contributed by atoms with Gasteiger partial charge in [-0.3, -0.25) is 0 Å². The van der Waals surface area contributed by atoms with Crippen LogP contribution in [0.3, 0.4) is 0 Å². The first-order chi connectivity index (χ1) is 5.65. The molecule has 13 heavy (non-hydrogen) atoms. The van der Waals surface area contributed by atoms with Gasteiger partial charge in [-0.15, -0.1) is 12.4 Å². The van der Waals surface area contributed by atoms with Crippen LogP contribution in [0.5, 0.6) is 0 Å². The molecule has 0 spiro atoms. The van der Waals surface area contributed by atoms with Crippen LogP contribution < -0.4 is 5.73 Å². The maximum atomic E-state index is 12.8. The second-order valence-corrected chi connectivity index (χ2v) is 2.45. The second kappa shape index (κ2) is 5.11. The highest BCUT2D eigenvalue weighted by Crippen LogP contribution is 2.15. The van der Waals surface area contributed by atoms with Crippen molar-refractivity contribution in [2.45, 2.75) is 6.04 Å². The van der Waals surface area contributed by atoms with Crippen molar-refractivity contribution >= 4 is 12.4 Å². The van der Waals surface area contributed by atoms with E-state index in [-0.39, 0.29) is 18.0 Å². The van der Waals surface area contributed by atoms with E-state index >= 15 is 0 Å². The Balaban J connectivity index is 0.00000144. The average molecular weight is 210 g/mol. The molecule has 5 heteroatoms. The van der Waals surface area contributed by atoms with Crippen LogP contribution in [0.15, 0.2) is 18.2 Å². The third-order valence-corrected chi connectivity index (χ3v) is 1.55. The molecule has 1 atom stereocenters. The number of nitrogens with two attached hydrogens (primary N) is 1. The van der Waals surface area contributed by atoms with Gasteiger partial charge in [-0.1, -0.05) is 0 Å². The van der Waals surface area contributed by atoms with Gasteiger partial charge in [0.05, 0.1) is 12.6 Å². The monoisotopic (exact) mass is 209 g/mol. The zero-order valence-electron chi connectivity index (χ0n) is 6.71. The highest BCUT2D eigenvalue weighted by molar-refractivity contribution is 5.85. The summed E-state index contributed by atoms with van der Waals surface area (Å²) in [6.07, 6.45) is 0. The third-order valence-electron chi connectivity index (χ3n) is 1.55. The predicted molar refractivity (Wildman–Crippen MR) is 47.6 cm³/mol. The van der Waals surface area contributed by atoms with Gasteiger partial charge in [0.15, 0.2) is 0 Å². The lowest BCUT2D eigenvalue weighted by Crippen LogP contribution is -2.16. The largest absolute Gasteiger partial charge is 0.394 e. The molecule has 0 saturated heterocycles. The van der Waals surface area contributed by atoms with Gasteiger partial charge in [-0.25, -0.2) is 8.78 Å². The molecule has 0 unspecified atom stereocenters. The molecule has 1 aromatic rings. The van der Waals surface area contributed by atoms with Crippen molar-refractivity contribution in [1.82, 2.24) is 0 Å². The van der Waals surface area contributed by atoms with Crippen molar-refractivity contribution in [3.8, 4) is 0 Å². The minimum absolute atomic E-state index is 0. The van der Waals surface area contributed by atoms with Crippen molar-refractivity contribution in [3.05, 3.63) is 35.4 Å². The Hall–Kier alpha value is -0.710. The Morgan fingerprint density at radius 3 is 2.54 bits per heavy atom. The zero-order chi connectivity index (χ0) is 9.14. The first-order valence-electron chi connectivity index (χ1n) is 3.46. The van der Waals surface area contributed by atoms with Crippen molar-refractivity contribution in [2.24, 2.45) is 5.73 Å². The maximum absolute atomic E-state index is 12.8. The van der Waals surface area contributed by atoms with Crippen LogP contribution in [0, 0.1) is 11.6 Å². The summed E-state index contributed by atoms with van der Waals surface area (Å²) in [5.41, 5.74) is 5.30. The Morgan fingerprint density at radius 2 is 2.00 bits per heavy atom. The molecule has 0 aliphatic heterocycles. The molecule has 2 nitrogen and oxygen atoms in total. The minimum Gasteiger partial charge on any atom is -0.394 e. The molecule has 0 aliphatic rings. The first kappa shape index (κ1) is 12.3. The summed E-state index contributed by atoms with van der Waals surface area (Å²) in [6.45, 7) is -0.402. The smallest absolute Gasteiger partial charge is 0.128 e. The molecule has 0 fully saturated rings. The van der Waals surface area contributed by atoms with Crippen LogP contribution in [0.25, 0.3) is 0 Å². The summed E-state index contributed by atoms with van der Waals surface area (Å²) in [5, 5.41) is 8.59. The lowest BCUT2D eigenvalue weighted by atomic mass is 10.1. The topological polar surface area (TPSA) is 46.2 Å². The number of benzene rings is 1. The molecule has 1 rings (SSSR count). The Bertz CT molecular complexity index is 283. The summed E-state index contributed by atoms with van der Waals surface area (Å²) in [7, 11) is 0. The minimum atomic E-state index is -0.860. The average Bonchev–Trinajstić information content (AvgIpc) is 2.08. The number of aliphatic hydroxyl groups is 1. The van der Waals surface area contributed by atoms with E-state index in [0.717, 1.165) is 18.2 Å². The fourth-order valence-corrected chi connectivity index (χ4v) is 0.897. The van der Waals surface area contributed by atoms with Gasteiger partial charge < -0.3 is 10.8 Å².